The Labute approximate surface area is 192 Å². The molecule has 0 bridgehead atoms. The summed E-state index contributed by atoms with van der Waals surface area (Å²) in [6.45, 7) is 13.5. The van der Waals surface area contributed by atoms with E-state index in [-0.39, 0.29) is 26.5 Å². The Kier molecular flexibility index (Phi) is 18.3. The number of benzene rings is 1. The van der Waals surface area contributed by atoms with Gasteiger partial charge in [0.25, 0.3) is 0 Å². The number of halogens is 6. The van der Waals surface area contributed by atoms with Crippen molar-refractivity contribution in [2.24, 2.45) is 0 Å². The predicted molar refractivity (Wildman–Crippen MR) is 93.2 cm³/mol. The topological polar surface area (TPSA) is 91.1 Å². The van der Waals surface area contributed by atoms with E-state index in [4.69, 9.17) is 14.4 Å². The summed E-state index contributed by atoms with van der Waals surface area (Å²) in [6.07, 6.45) is -8.00. The Balaban J connectivity index is -0.000000416. The fourth-order valence-electron chi connectivity index (χ4n) is 1.65. The molecule has 2 aromatic heterocycles. The van der Waals surface area contributed by atoms with Crippen LogP contribution in [-0.4, -0.2) is 30.4 Å². The summed E-state index contributed by atoms with van der Waals surface area (Å²) in [5.41, 5.74) is -1.27. The van der Waals surface area contributed by atoms with E-state index in [9.17, 15) is 26.3 Å². The minimum Gasteiger partial charge on any atom is -0.573 e. The van der Waals surface area contributed by atoms with Crippen LogP contribution >= 0.6 is 0 Å². The number of hydrogen-bond acceptors (Lipinski definition) is 5. The molecule has 2 heterocycles. The van der Waals surface area contributed by atoms with Crippen molar-refractivity contribution in [3.63, 3.8) is 0 Å². The van der Waals surface area contributed by atoms with Crippen LogP contribution in [0.2, 0.25) is 0 Å². The first-order chi connectivity index (χ1) is 14.7. The first kappa shape index (κ1) is 33.5. The number of alkyl halides is 6. The van der Waals surface area contributed by atoms with Gasteiger partial charge in [-0.2, -0.15) is 26.3 Å². The zero-order valence-corrected chi connectivity index (χ0v) is 18.1. The summed E-state index contributed by atoms with van der Waals surface area (Å²) in [4.78, 5) is 26.7. The smallest absolute Gasteiger partial charge is 0.431 e. The van der Waals surface area contributed by atoms with E-state index >= 15 is 0 Å². The molecule has 13 heteroatoms. The summed E-state index contributed by atoms with van der Waals surface area (Å²) in [6, 6.07) is 16.7. The zero-order valence-electron chi connectivity index (χ0n) is 15.4. The van der Waals surface area contributed by atoms with Gasteiger partial charge in [-0.05, 0) is 23.5 Å². The van der Waals surface area contributed by atoms with Gasteiger partial charge in [-0.1, -0.05) is 12.1 Å². The molecule has 32 heavy (non-hydrogen) atoms. The number of hydrogen-bond donors (Lipinski definition) is 0. The number of aromatic nitrogens is 3. The Morgan fingerprint density at radius 1 is 0.812 bits per heavy atom. The van der Waals surface area contributed by atoms with Crippen LogP contribution in [0.25, 0.3) is 11.3 Å². The van der Waals surface area contributed by atoms with Crippen molar-refractivity contribution < 1.29 is 61.1 Å². The fraction of sp³-hybridized carbons (Fsp3) is 0.105. The molecule has 4 radical (unpaired) electrons. The van der Waals surface area contributed by atoms with E-state index in [1.165, 1.54) is 0 Å². The molecule has 172 valence electrons. The van der Waals surface area contributed by atoms with Crippen LogP contribution in [0.15, 0.2) is 54.7 Å². The van der Waals surface area contributed by atoms with E-state index in [0.29, 0.717) is 0 Å². The van der Waals surface area contributed by atoms with Crippen molar-refractivity contribution in [1.29, 1.82) is 0 Å². The largest absolute Gasteiger partial charge is 0.573 e. The van der Waals surface area contributed by atoms with Gasteiger partial charge in [0.05, 0.1) is 0 Å². The molecule has 0 unspecified atom stereocenters. The maximum atomic E-state index is 11.7. The van der Waals surface area contributed by atoms with Crippen molar-refractivity contribution in [2.45, 2.75) is 12.4 Å². The molecule has 0 saturated heterocycles. The molecule has 0 aliphatic carbocycles. The van der Waals surface area contributed by atoms with E-state index in [1.54, 1.807) is 6.20 Å². The molecule has 0 aliphatic heterocycles. The van der Waals surface area contributed by atoms with Crippen LogP contribution in [0.4, 0.5) is 26.3 Å². The maximum Gasteiger partial charge on any atom is 0.431 e. The molecule has 0 fully saturated rings. The minimum absolute atomic E-state index is 0. The van der Waals surface area contributed by atoms with Crippen molar-refractivity contribution >= 4 is 20.4 Å². The standard InChI is InChI=1S/C11H8N.C5HF6N2.3CO.Re/c1-2-6-10(7-3-1)11-8-4-5-9-12-11;6-4(7,8)2-1-3(13-12-2)5(9,10)11;3*1-2;/h1-6,8-9H;1H;;;;/q5*-1;. The average molecular weight is 627 g/mol. The normalized spacial score (nSPS) is 9.44. The van der Waals surface area contributed by atoms with Crippen LogP contribution in [0, 0.1) is 6.07 Å². The first-order valence-electron chi connectivity index (χ1n) is 7.32. The fourth-order valence-corrected chi connectivity index (χ4v) is 1.65. The Morgan fingerprint density at radius 3 is 1.72 bits per heavy atom. The molecular weight excluding hydrogens is 618 g/mol. The van der Waals surface area contributed by atoms with Gasteiger partial charge in [-0.15, -0.1) is 35.9 Å². The van der Waals surface area contributed by atoms with Crippen molar-refractivity contribution in [3.8, 4) is 11.3 Å². The quantitative estimate of drug-likeness (QED) is 0.304. The van der Waals surface area contributed by atoms with Crippen LogP contribution in [0.5, 0.6) is 0 Å². The number of pyridine rings is 1. The molecule has 3 rings (SSSR count). The minimum atomic E-state index is -4.89. The van der Waals surface area contributed by atoms with Crippen molar-refractivity contribution in [1.82, 2.24) is 15.2 Å². The third-order valence-corrected chi connectivity index (χ3v) is 2.77. The second kappa shape index (κ2) is 17.5. The second-order valence-corrected chi connectivity index (χ2v) is 4.60. The zero-order chi connectivity index (χ0) is 24.5. The van der Waals surface area contributed by atoms with E-state index in [1.807, 2.05) is 42.5 Å². The summed E-state index contributed by atoms with van der Waals surface area (Å²) in [7, 11) is 0. The third kappa shape index (κ3) is 12.5. The first-order valence-corrected chi connectivity index (χ1v) is 7.32. The Bertz CT molecular complexity index is 776. The second-order valence-electron chi connectivity index (χ2n) is 4.60. The monoisotopic (exact) mass is 628 g/mol. The molecule has 0 N–H and O–H groups in total. The molecule has 6 nitrogen and oxygen atoms in total. The molecule has 3 aromatic rings. The average Bonchev–Trinajstić information content (AvgIpc) is 3.32. The van der Waals surface area contributed by atoms with Gasteiger partial charge in [-0.25, -0.2) is 0 Å². The molecule has 0 atom stereocenters. The van der Waals surface area contributed by atoms with Crippen LogP contribution in [-0.2, 0) is 47.2 Å². The summed E-state index contributed by atoms with van der Waals surface area (Å²) >= 11 is 0. The van der Waals surface area contributed by atoms with Crippen LogP contribution in [0.1, 0.15) is 11.4 Å². The molecule has 0 saturated carbocycles. The summed E-state index contributed by atoms with van der Waals surface area (Å²) < 4.78 is 70.3. The van der Waals surface area contributed by atoms with Crippen LogP contribution in [0.3, 0.4) is 0 Å². The van der Waals surface area contributed by atoms with E-state index < -0.39 is 23.7 Å². The van der Waals surface area contributed by atoms with Gasteiger partial charge in [0, 0.05) is 26.6 Å². The molecule has 0 amide bonds. The summed E-state index contributed by atoms with van der Waals surface area (Å²) in [5.74, 6) is 0. The van der Waals surface area contributed by atoms with Crippen molar-refractivity contribution in [2.75, 3.05) is 0 Å². The van der Waals surface area contributed by atoms with Gasteiger partial charge in [0.2, 0.25) is 0 Å². The van der Waals surface area contributed by atoms with Gasteiger partial charge in [-0.3, -0.25) is 0 Å². The van der Waals surface area contributed by atoms with Gasteiger partial charge in [0.15, 0.2) is 0 Å². The van der Waals surface area contributed by atoms with Gasteiger partial charge >= 0.3 is 12.4 Å². The Morgan fingerprint density at radius 2 is 1.38 bits per heavy atom. The predicted octanol–water partition coefficient (Wildman–Crippen LogP) is 3.43. The molecule has 1 aromatic carbocycles. The van der Waals surface area contributed by atoms with E-state index in [2.05, 4.69) is 41.6 Å². The molecule has 0 spiro atoms. The summed E-state index contributed by atoms with van der Waals surface area (Å²) in [5, 5.41) is 4.72. The van der Waals surface area contributed by atoms with Gasteiger partial charge in [0.1, 0.15) is 5.69 Å². The van der Waals surface area contributed by atoms with E-state index in [0.717, 1.165) is 11.3 Å². The molecule has 0 aliphatic rings. The van der Waals surface area contributed by atoms with Gasteiger partial charge < -0.3 is 49.9 Å². The Hall–Kier alpha value is -3.17. The number of rotatable bonds is 1. The SMILES string of the molecule is FC(F)(F)c1cc(C(F)(F)F)[n-]n1.[C-]=O.[C-]=O.[C-]=O.[Re].[c-]1ccccc1-c1ccccn1. The maximum absolute atomic E-state index is 11.7. The third-order valence-electron chi connectivity index (χ3n) is 2.77. The number of nitrogens with zero attached hydrogens (tertiary/aromatic N) is 3. The molecular formula is C19H9F6N3O3Re-5. The van der Waals surface area contributed by atoms with Crippen molar-refractivity contribution in [3.05, 3.63) is 72.2 Å². The number of carbonyl (C=O) groups excluding carboxylic acids is 3. The van der Waals surface area contributed by atoms with Crippen LogP contribution < -0.4 is 5.10 Å².